The van der Waals surface area contributed by atoms with E-state index in [-0.39, 0.29) is 27.5 Å². The monoisotopic (exact) mass is 372 g/mol. The Balaban J connectivity index is 2.33. The molecule has 0 aliphatic carbocycles. The molecule has 0 saturated carbocycles. The van der Waals surface area contributed by atoms with Gasteiger partial charge in [-0.1, -0.05) is 23.7 Å². The number of carbonyl (C=O) groups excluding carboxylic acids is 1. The molecule has 1 amide bonds. The first-order valence-corrected chi connectivity index (χ1v) is 7.31. The molecule has 0 aromatic heterocycles. The third kappa shape index (κ3) is 4.40. The van der Waals surface area contributed by atoms with Crippen molar-refractivity contribution in [2.24, 2.45) is 0 Å². The Morgan fingerprint density at radius 2 is 1.88 bits per heavy atom. The number of hydrogen-bond donors (Lipinski definition) is 1. The largest absolute Gasteiger partial charge is 0.316 e. The van der Waals surface area contributed by atoms with Gasteiger partial charge in [0.15, 0.2) is 0 Å². The number of halogens is 1. The van der Waals surface area contributed by atoms with E-state index in [1.807, 2.05) is 0 Å². The van der Waals surface area contributed by atoms with Crippen LogP contribution in [0.5, 0.6) is 0 Å². The minimum absolute atomic E-state index is 0.113. The second kappa shape index (κ2) is 7.87. The van der Waals surface area contributed by atoms with Crippen molar-refractivity contribution in [3.05, 3.63) is 78.9 Å². The highest BCUT2D eigenvalue weighted by molar-refractivity contribution is 6.31. The Labute approximate surface area is 151 Å². The summed E-state index contributed by atoms with van der Waals surface area (Å²) in [5, 5.41) is 33.4. The van der Waals surface area contributed by atoms with E-state index in [2.05, 4.69) is 5.32 Å². The zero-order valence-electron chi connectivity index (χ0n) is 12.9. The summed E-state index contributed by atoms with van der Waals surface area (Å²) in [6.07, 6.45) is 1.14. The van der Waals surface area contributed by atoms with Crippen LogP contribution in [0.3, 0.4) is 0 Å². The van der Waals surface area contributed by atoms with Crippen molar-refractivity contribution >= 4 is 40.6 Å². The number of anilines is 1. The number of hydrogen-bond acceptors (Lipinski definition) is 6. The molecule has 0 heterocycles. The van der Waals surface area contributed by atoms with Crippen LogP contribution in [0.1, 0.15) is 5.56 Å². The summed E-state index contributed by atoms with van der Waals surface area (Å²) in [7, 11) is 0. The summed E-state index contributed by atoms with van der Waals surface area (Å²) >= 11 is 5.70. The molecule has 0 aliphatic rings. The Morgan fingerprint density at radius 3 is 2.50 bits per heavy atom. The third-order valence-corrected chi connectivity index (χ3v) is 3.40. The molecular weight excluding hydrogens is 364 g/mol. The van der Waals surface area contributed by atoms with Gasteiger partial charge in [-0.15, -0.1) is 0 Å². The second-order valence-corrected chi connectivity index (χ2v) is 5.33. The molecule has 0 unspecified atom stereocenters. The van der Waals surface area contributed by atoms with Crippen LogP contribution >= 0.6 is 11.6 Å². The SMILES string of the molecule is N#C/C(=C\c1cccc([N+](=O)[O-])c1)C(=O)Nc1ccc(Cl)cc1[N+](=O)[O-]. The predicted octanol–water partition coefficient (Wildman–Crippen LogP) is 3.70. The molecule has 10 heteroatoms. The molecule has 0 radical (unpaired) electrons. The highest BCUT2D eigenvalue weighted by Crippen LogP contribution is 2.28. The van der Waals surface area contributed by atoms with Crippen LogP contribution in [0.15, 0.2) is 48.0 Å². The molecule has 0 bridgehead atoms. The fourth-order valence-electron chi connectivity index (χ4n) is 1.99. The van der Waals surface area contributed by atoms with Crippen LogP contribution in [-0.2, 0) is 4.79 Å². The summed E-state index contributed by atoms with van der Waals surface area (Å²) in [5.41, 5.74) is -0.890. The number of carbonyl (C=O) groups is 1. The van der Waals surface area contributed by atoms with E-state index in [9.17, 15) is 25.0 Å². The lowest BCUT2D eigenvalue weighted by molar-refractivity contribution is -0.384. The Bertz CT molecular complexity index is 981. The summed E-state index contributed by atoms with van der Waals surface area (Å²) in [4.78, 5) is 32.7. The predicted molar refractivity (Wildman–Crippen MR) is 93.4 cm³/mol. The maximum Gasteiger partial charge on any atom is 0.294 e. The number of benzene rings is 2. The van der Waals surface area contributed by atoms with Gasteiger partial charge in [-0.05, 0) is 23.8 Å². The zero-order valence-corrected chi connectivity index (χ0v) is 13.6. The van der Waals surface area contributed by atoms with Gasteiger partial charge < -0.3 is 5.32 Å². The molecule has 1 N–H and O–H groups in total. The maximum atomic E-state index is 12.2. The molecule has 2 aromatic rings. The van der Waals surface area contributed by atoms with Crippen LogP contribution in [0.4, 0.5) is 17.1 Å². The summed E-state index contributed by atoms with van der Waals surface area (Å²) in [6.45, 7) is 0. The average Bonchev–Trinajstić information content (AvgIpc) is 2.61. The highest BCUT2D eigenvalue weighted by atomic mass is 35.5. The standard InChI is InChI=1S/C16H9ClN4O5/c17-12-4-5-14(15(8-12)21(25)26)19-16(22)11(9-18)6-10-2-1-3-13(7-10)20(23)24/h1-8H,(H,19,22)/b11-6+. The number of nitriles is 1. The van der Waals surface area contributed by atoms with Gasteiger partial charge in [-0.25, -0.2) is 0 Å². The Morgan fingerprint density at radius 1 is 1.15 bits per heavy atom. The number of nitro benzene ring substituents is 2. The van der Waals surface area contributed by atoms with Gasteiger partial charge in [0.25, 0.3) is 17.3 Å². The van der Waals surface area contributed by atoms with Crippen LogP contribution in [-0.4, -0.2) is 15.8 Å². The molecule has 0 fully saturated rings. The lowest BCUT2D eigenvalue weighted by Crippen LogP contribution is -2.14. The third-order valence-electron chi connectivity index (χ3n) is 3.16. The smallest absolute Gasteiger partial charge is 0.294 e. The van der Waals surface area contributed by atoms with E-state index in [0.29, 0.717) is 0 Å². The van der Waals surface area contributed by atoms with Gasteiger partial charge in [-0.2, -0.15) is 5.26 Å². The van der Waals surface area contributed by atoms with Gasteiger partial charge in [0.1, 0.15) is 17.3 Å². The molecule has 130 valence electrons. The molecule has 0 atom stereocenters. The van der Waals surface area contributed by atoms with Crippen LogP contribution in [0.25, 0.3) is 6.08 Å². The fourth-order valence-corrected chi connectivity index (χ4v) is 2.16. The second-order valence-electron chi connectivity index (χ2n) is 4.89. The van der Waals surface area contributed by atoms with E-state index >= 15 is 0 Å². The van der Waals surface area contributed by atoms with E-state index in [4.69, 9.17) is 16.9 Å². The van der Waals surface area contributed by atoms with Gasteiger partial charge in [0, 0.05) is 23.2 Å². The van der Waals surface area contributed by atoms with Crippen LogP contribution in [0.2, 0.25) is 5.02 Å². The minimum atomic E-state index is -0.899. The lowest BCUT2D eigenvalue weighted by Gasteiger charge is -2.05. The highest BCUT2D eigenvalue weighted by Gasteiger charge is 2.18. The van der Waals surface area contributed by atoms with Crippen LogP contribution < -0.4 is 5.32 Å². The van der Waals surface area contributed by atoms with Crippen LogP contribution in [0, 0.1) is 31.6 Å². The number of non-ortho nitro benzene ring substituents is 1. The first-order valence-electron chi connectivity index (χ1n) is 6.93. The number of nitrogens with zero attached hydrogens (tertiary/aromatic N) is 3. The lowest BCUT2D eigenvalue weighted by atomic mass is 10.1. The number of rotatable bonds is 5. The van der Waals surface area contributed by atoms with E-state index in [1.165, 1.54) is 36.4 Å². The van der Waals surface area contributed by atoms with Gasteiger partial charge in [-0.3, -0.25) is 25.0 Å². The van der Waals surface area contributed by atoms with Crippen molar-refractivity contribution in [1.29, 1.82) is 5.26 Å². The zero-order chi connectivity index (χ0) is 19.3. The van der Waals surface area contributed by atoms with Crippen molar-refractivity contribution < 1.29 is 14.6 Å². The number of nitro groups is 2. The first kappa shape index (κ1) is 18.6. The molecule has 0 spiro atoms. The van der Waals surface area contributed by atoms with Crippen molar-refractivity contribution in [3.8, 4) is 6.07 Å². The minimum Gasteiger partial charge on any atom is -0.316 e. The summed E-state index contributed by atoms with van der Waals surface area (Å²) in [5.74, 6) is -0.899. The van der Waals surface area contributed by atoms with Gasteiger partial charge in [0.2, 0.25) is 0 Å². The Kier molecular flexibility index (Phi) is 5.62. The average molecular weight is 373 g/mol. The molecule has 26 heavy (non-hydrogen) atoms. The maximum absolute atomic E-state index is 12.2. The Hall–Kier alpha value is -3.77. The summed E-state index contributed by atoms with van der Waals surface area (Å²) < 4.78 is 0. The topological polar surface area (TPSA) is 139 Å². The number of nitrogens with one attached hydrogen (secondary N) is 1. The molecule has 2 aromatic carbocycles. The summed E-state index contributed by atoms with van der Waals surface area (Å²) in [6, 6.07) is 10.6. The van der Waals surface area contributed by atoms with Gasteiger partial charge in [0.05, 0.1) is 9.85 Å². The van der Waals surface area contributed by atoms with E-state index in [0.717, 1.165) is 12.1 Å². The molecule has 9 nitrogen and oxygen atoms in total. The first-order chi connectivity index (χ1) is 12.3. The quantitative estimate of drug-likeness (QED) is 0.367. The van der Waals surface area contributed by atoms with E-state index in [1.54, 1.807) is 6.07 Å². The molecule has 0 aliphatic heterocycles. The van der Waals surface area contributed by atoms with E-state index < -0.39 is 21.4 Å². The molecule has 0 saturated heterocycles. The molecule has 2 rings (SSSR count). The van der Waals surface area contributed by atoms with Crippen molar-refractivity contribution in [2.45, 2.75) is 0 Å². The number of amides is 1. The van der Waals surface area contributed by atoms with Crippen molar-refractivity contribution in [1.82, 2.24) is 0 Å². The van der Waals surface area contributed by atoms with Gasteiger partial charge >= 0.3 is 0 Å². The fraction of sp³-hybridized carbons (Fsp3) is 0. The normalized spacial score (nSPS) is 10.7. The van der Waals surface area contributed by atoms with Crippen molar-refractivity contribution in [2.75, 3.05) is 5.32 Å². The van der Waals surface area contributed by atoms with Crippen molar-refractivity contribution in [3.63, 3.8) is 0 Å². The molecular formula is C16H9ClN4O5.